The van der Waals surface area contributed by atoms with E-state index in [9.17, 15) is 14.7 Å². The predicted octanol–water partition coefficient (Wildman–Crippen LogP) is 1.93. The summed E-state index contributed by atoms with van der Waals surface area (Å²) in [5, 5.41) is 9.46. The van der Waals surface area contributed by atoms with Crippen molar-refractivity contribution in [2.45, 2.75) is 26.9 Å². The van der Waals surface area contributed by atoms with Gasteiger partial charge in [-0.3, -0.25) is 4.79 Å². The smallest absolute Gasteiger partial charge is 0.347 e. The number of Topliss-reactive ketones (excluding diaryl/α,β-unsaturated/α-hetero) is 1. The molecular weight excluding hydrogens is 236 g/mol. The Morgan fingerprint density at radius 3 is 2.61 bits per heavy atom. The molecule has 5 nitrogen and oxygen atoms in total. The van der Waals surface area contributed by atoms with Crippen LogP contribution in [0, 0.1) is 0 Å². The van der Waals surface area contributed by atoms with Crippen LogP contribution in [-0.2, 0) is 9.53 Å². The zero-order valence-electron chi connectivity index (χ0n) is 10.6. The Labute approximate surface area is 105 Å². The van der Waals surface area contributed by atoms with Crippen LogP contribution in [0.15, 0.2) is 18.2 Å². The lowest BCUT2D eigenvalue weighted by Crippen LogP contribution is -2.26. The molecular formula is C13H16O5. The maximum Gasteiger partial charge on any atom is 0.347 e. The van der Waals surface area contributed by atoms with E-state index >= 15 is 0 Å². The van der Waals surface area contributed by atoms with E-state index in [1.807, 2.05) is 0 Å². The van der Waals surface area contributed by atoms with Gasteiger partial charge in [0.25, 0.3) is 0 Å². The number of phenols is 1. The van der Waals surface area contributed by atoms with Crippen LogP contribution in [0.3, 0.4) is 0 Å². The number of hydrogen-bond donors (Lipinski definition) is 1. The molecule has 0 aromatic heterocycles. The van der Waals surface area contributed by atoms with Crippen molar-refractivity contribution < 1.29 is 24.2 Å². The minimum Gasteiger partial charge on any atom is -0.507 e. The normalized spacial score (nSPS) is 11.7. The minimum absolute atomic E-state index is 0.112. The fraction of sp³-hybridized carbons (Fsp3) is 0.385. The van der Waals surface area contributed by atoms with Gasteiger partial charge in [-0.15, -0.1) is 0 Å². The van der Waals surface area contributed by atoms with Crippen molar-refractivity contribution in [2.75, 3.05) is 6.61 Å². The van der Waals surface area contributed by atoms with Gasteiger partial charge in [-0.25, -0.2) is 4.79 Å². The Morgan fingerprint density at radius 1 is 1.39 bits per heavy atom. The van der Waals surface area contributed by atoms with E-state index in [1.54, 1.807) is 13.8 Å². The molecule has 0 radical (unpaired) electrons. The van der Waals surface area contributed by atoms with Gasteiger partial charge in [0.05, 0.1) is 12.2 Å². The summed E-state index contributed by atoms with van der Waals surface area (Å²) in [6.07, 6.45) is -0.769. The second kappa shape index (κ2) is 6.05. The lowest BCUT2D eigenvalue weighted by Gasteiger charge is -2.14. The fourth-order valence-corrected chi connectivity index (χ4v) is 1.38. The zero-order chi connectivity index (χ0) is 13.7. The van der Waals surface area contributed by atoms with Crippen molar-refractivity contribution in [3.8, 4) is 11.5 Å². The summed E-state index contributed by atoms with van der Waals surface area (Å²) in [7, 11) is 0. The van der Waals surface area contributed by atoms with Gasteiger partial charge in [-0.2, -0.15) is 0 Å². The number of aromatic hydroxyl groups is 1. The van der Waals surface area contributed by atoms with Crippen LogP contribution in [-0.4, -0.2) is 29.6 Å². The molecule has 0 bridgehead atoms. The molecule has 0 saturated heterocycles. The highest BCUT2D eigenvalue weighted by Gasteiger charge is 2.17. The molecule has 1 aromatic rings. The maximum atomic E-state index is 11.4. The highest BCUT2D eigenvalue weighted by molar-refractivity contribution is 5.97. The summed E-state index contributed by atoms with van der Waals surface area (Å²) in [4.78, 5) is 22.6. The molecule has 1 rings (SSSR count). The van der Waals surface area contributed by atoms with Crippen molar-refractivity contribution in [1.29, 1.82) is 0 Å². The Kier molecular flexibility index (Phi) is 4.71. The third kappa shape index (κ3) is 3.48. The first-order chi connectivity index (χ1) is 8.45. The highest BCUT2D eigenvalue weighted by atomic mass is 16.6. The van der Waals surface area contributed by atoms with Crippen LogP contribution in [0.4, 0.5) is 0 Å². The minimum atomic E-state index is -0.769. The van der Waals surface area contributed by atoms with Crippen molar-refractivity contribution in [2.24, 2.45) is 0 Å². The third-order valence-corrected chi connectivity index (χ3v) is 2.28. The molecule has 1 N–H and O–H groups in total. The SMILES string of the molecule is CCOC(=O)C(C)Oc1ccc(O)c(C(C)=O)c1. The zero-order valence-corrected chi connectivity index (χ0v) is 10.6. The molecule has 0 amide bonds. The third-order valence-electron chi connectivity index (χ3n) is 2.28. The second-order valence-electron chi connectivity index (χ2n) is 3.75. The van der Waals surface area contributed by atoms with Crippen LogP contribution in [0.1, 0.15) is 31.1 Å². The van der Waals surface area contributed by atoms with Crippen molar-refractivity contribution >= 4 is 11.8 Å². The predicted molar refractivity (Wildman–Crippen MR) is 64.8 cm³/mol. The Balaban J connectivity index is 2.82. The van der Waals surface area contributed by atoms with Gasteiger partial charge in [0, 0.05) is 0 Å². The number of carbonyl (C=O) groups excluding carboxylic acids is 2. The number of rotatable bonds is 5. The Morgan fingerprint density at radius 2 is 2.06 bits per heavy atom. The number of ketones is 1. The number of ether oxygens (including phenoxy) is 2. The highest BCUT2D eigenvalue weighted by Crippen LogP contribution is 2.24. The second-order valence-corrected chi connectivity index (χ2v) is 3.75. The first-order valence-corrected chi connectivity index (χ1v) is 5.63. The summed E-state index contributed by atoms with van der Waals surface area (Å²) >= 11 is 0. The van der Waals surface area contributed by atoms with Crippen molar-refractivity contribution in [1.82, 2.24) is 0 Å². The van der Waals surface area contributed by atoms with Crippen LogP contribution in [0.2, 0.25) is 0 Å². The molecule has 0 aliphatic heterocycles. The summed E-state index contributed by atoms with van der Waals surface area (Å²) < 4.78 is 10.1. The fourth-order valence-electron chi connectivity index (χ4n) is 1.38. The maximum absolute atomic E-state index is 11.4. The molecule has 0 aliphatic rings. The largest absolute Gasteiger partial charge is 0.507 e. The molecule has 0 aliphatic carbocycles. The summed E-state index contributed by atoms with van der Waals surface area (Å²) in [5.74, 6) is -0.533. The molecule has 18 heavy (non-hydrogen) atoms. The summed E-state index contributed by atoms with van der Waals surface area (Å²) in [6, 6.07) is 4.23. The number of esters is 1. The first-order valence-electron chi connectivity index (χ1n) is 5.63. The lowest BCUT2D eigenvalue weighted by atomic mass is 10.1. The molecule has 1 unspecified atom stereocenters. The molecule has 98 valence electrons. The van der Waals surface area contributed by atoms with Gasteiger partial charge < -0.3 is 14.6 Å². The number of hydrogen-bond acceptors (Lipinski definition) is 5. The monoisotopic (exact) mass is 252 g/mol. The standard InChI is InChI=1S/C13H16O5/c1-4-17-13(16)9(3)18-10-5-6-12(15)11(7-10)8(2)14/h5-7,9,15H,4H2,1-3H3. The molecule has 1 aromatic carbocycles. The van der Waals surface area contributed by atoms with E-state index in [-0.39, 0.29) is 23.7 Å². The van der Waals surface area contributed by atoms with Crippen LogP contribution in [0.5, 0.6) is 11.5 Å². The first kappa shape index (κ1) is 14.0. The van der Waals surface area contributed by atoms with E-state index in [0.29, 0.717) is 5.75 Å². The van der Waals surface area contributed by atoms with Gasteiger partial charge in [0.15, 0.2) is 11.9 Å². The van der Waals surface area contributed by atoms with Crippen molar-refractivity contribution in [3.05, 3.63) is 23.8 Å². The Bertz CT molecular complexity index is 453. The van der Waals surface area contributed by atoms with Gasteiger partial charge in [-0.05, 0) is 39.0 Å². The average molecular weight is 252 g/mol. The number of phenolic OH excluding ortho intramolecular Hbond substituents is 1. The van der Waals surface area contributed by atoms with Gasteiger partial charge in [-0.1, -0.05) is 0 Å². The van der Waals surface area contributed by atoms with E-state index in [4.69, 9.17) is 9.47 Å². The van der Waals surface area contributed by atoms with Gasteiger partial charge in [0.1, 0.15) is 11.5 Å². The molecule has 1 atom stereocenters. The van der Waals surface area contributed by atoms with E-state index in [1.165, 1.54) is 25.1 Å². The average Bonchev–Trinajstić information content (AvgIpc) is 2.31. The lowest BCUT2D eigenvalue weighted by molar-refractivity contribution is -0.150. The molecule has 0 fully saturated rings. The summed E-state index contributed by atoms with van der Waals surface area (Å²) in [6.45, 7) is 4.88. The topological polar surface area (TPSA) is 72.8 Å². The van der Waals surface area contributed by atoms with Crippen LogP contribution in [0.25, 0.3) is 0 Å². The molecule has 0 spiro atoms. The van der Waals surface area contributed by atoms with E-state index in [2.05, 4.69) is 0 Å². The quantitative estimate of drug-likeness (QED) is 0.640. The van der Waals surface area contributed by atoms with Crippen LogP contribution < -0.4 is 4.74 Å². The summed E-state index contributed by atoms with van der Waals surface area (Å²) in [5.41, 5.74) is 0.156. The van der Waals surface area contributed by atoms with E-state index in [0.717, 1.165) is 0 Å². The number of carbonyl (C=O) groups is 2. The number of benzene rings is 1. The Hall–Kier alpha value is -2.04. The molecule has 0 heterocycles. The van der Waals surface area contributed by atoms with Crippen molar-refractivity contribution in [3.63, 3.8) is 0 Å². The van der Waals surface area contributed by atoms with Gasteiger partial charge in [0.2, 0.25) is 0 Å². The van der Waals surface area contributed by atoms with E-state index < -0.39 is 12.1 Å². The van der Waals surface area contributed by atoms with Crippen LogP contribution >= 0.6 is 0 Å². The van der Waals surface area contributed by atoms with Gasteiger partial charge >= 0.3 is 5.97 Å². The molecule has 0 saturated carbocycles. The molecule has 5 heteroatoms.